The van der Waals surface area contributed by atoms with Crippen molar-refractivity contribution in [2.45, 2.75) is 6.18 Å². The van der Waals surface area contributed by atoms with Crippen molar-refractivity contribution in [2.24, 2.45) is 0 Å². The van der Waals surface area contributed by atoms with Crippen LogP contribution in [0.25, 0.3) is 15.5 Å². The van der Waals surface area contributed by atoms with Crippen molar-refractivity contribution in [1.82, 2.24) is 19.8 Å². The summed E-state index contributed by atoms with van der Waals surface area (Å²) in [6, 6.07) is 15.5. The molecule has 0 saturated carbocycles. The molecule has 0 bridgehead atoms. The zero-order chi connectivity index (χ0) is 20.4. The van der Waals surface area contributed by atoms with Gasteiger partial charge in [-0.15, -0.1) is 10.2 Å². The Bertz CT molecular complexity index is 1140. The molecule has 0 atom stereocenters. The maximum absolute atomic E-state index is 12.9. The summed E-state index contributed by atoms with van der Waals surface area (Å²) < 4.78 is 44.7. The second kappa shape index (κ2) is 7.51. The third-order valence-corrected chi connectivity index (χ3v) is 4.72. The van der Waals surface area contributed by atoms with E-state index in [4.69, 9.17) is 4.74 Å². The molecule has 148 valence electrons. The summed E-state index contributed by atoms with van der Waals surface area (Å²) >= 11 is 0.984. The SMILES string of the molecule is O=C(COc1ccccc1)Nc1ccc(-c2nn3c(C(F)(F)F)nnc3s2)cc1. The first kappa shape index (κ1) is 18.9. The molecule has 1 amide bonds. The van der Waals surface area contributed by atoms with Crippen LogP contribution in [0.2, 0.25) is 0 Å². The van der Waals surface area contributed by atoms with Crippen LogP contribution < -0.4 is 10.1 Å². The van der Waals surface area contributed by atoms with Crippen LogP contribution in [-0.2, 0) is 11.0 Å². The summed E-state index contributed by atoms with van der Waals surface area (Å²) in [6.45, 7) is -0.150. The maximum Gasteiger partial charge on any atom is 0.453 e. The number of alkyl halides is 3. The van der Waals surface area contributed by atoms with Gasteiger partial charge in [0.25, 0.3) is 11.7 Å². The van der Waals surface area contributed by atoms with Gasteiger partial charge in [-0.25, -0.2) is 0 Å². The number of nitrogens with zero attached hydrogens (tertiary/aromatic N) is 4. The van der Waals surface area contributed by atoms with Crippen LogP contribution in [0.15, 0.2) is 54.6 Å². The lowest BCUT2D eigenvalue weighted by molar-refractivity contribution is -0.146. The first-order chi connectivity index (χ1) is 13.9. The molecular formula is C18H12F3N5O2S. The number of anilines is 1. The van der Waals surface area contributed by atoms with Gasteiger partial charge in [-0.3, -0.25) is 4.79 Å². The summed E-state index contributed by atoms with van der Waals surface area (Å²) in [5.74, 6) is -0.924. The Balaban J connectivity index is 1.43. The van der Waals surface area contributed by atoms with Gasteiger partial charge in [0.15, 0.2) is 6.61 Å². The maximum atomic E-state index is 12.9. The van der Waals surface area contributed by atoms with Gasteiger partial charge in [-0.2, -0.15) is 22.8 Å². The molecule has 0 aliphatic carbocycles. The normalized spacial score (nSPS) is 11.6. The number of hydrogen-bond donors (Lipinski definition) is 1. The first-order valence-electron chi connectivity index (χ1n) is 8.28. The van der Waals surface area contributed by atoms with Crippen molar-refractivity contribution in [3.63, 3.8) is 0 Å². The Morgan fingerprint density at radius 3 is 2.48 bits per heavy atom. The highest BCUT2D eigenvalue weighted by atomic mass is 32.1. The van der Waals surface area contributed by atoms with Crippen molar-refractivity contribution in [3.8, 4) is 16.3 Å². The highest BCUT2D eigenvalue weighted by Crippen LogP contribution is 2.32. The number of carbonyl (C=O) groups excluding carboxylic acids is 1. The van der Waals surface area contributed by atoms with Crippen molar-refractivity contribution in [1.29, 1.82) is 0 Å². The van der Waals surface area contributed by atoms with E-state index >= 15 is 0 Å². The van der Waals surface area contributed by atoms with E-state index in [1.807, 2.05) is 6.07 Å². The van der Waals surface area contributed by atoms with Crippen LogP contribution in [0.3, 0.4) is 0 Å². The summed E-state index contributed by atoms with van der Waals surface area (Å²) in [6.07, 6.45) is -4.64. The number of nitrogens with one attached hydrogen (secondary N) is 1. The first-order valence-corrected chi connectivity index (χ1v) is 9.09. The number of benzene rings is 2. The van der Waals surface area contributed by atoms with E-state index < -0.39 is 12.0 Å². The van der Waals surface area contributed by atoms with Crippen LogP contribution in [0.5, 0.6) is 5.75 Å². The summed E-state index contributed by atoms with van der Waals surface area (Å²) in [4.78, 5) is 12.0. The second-order valence-electron chi connectivity index (χ2n) is 5.85. The van der Waals surface area contributed by atoms with Crippen LogP contribution in [0.1, 0.15) is 5.82 Å². The minimum atomic E-state index is -4.64. The number of aromatic nitrogens is 4. The lowest BCUT2D eigenvalue weighted by Gasteiger charge is -2.07. The Morgan fingerprint density at radius 1 is 1.07 bits per heavy atom. The zero-order valence-corrected chi connectivity index (χ0v) is 15.4. The molecule has 11 heteroatoms. The fourth-order valence-corrected chi connectivity index (χ4v) is 3.31. The minimum absolute atomic E-state index is 0.0442. The molecule has 0 unspecified atom stereocenters. The fourth-order valence-electron chi connectivity index (χ4n) is 2.47. The zero-order valence-electron chi connectivity index (χ0n) is 14.6. The Kier molecular flexibility index (Phi) is 4.89. The topological polar surface area (TPSA) is 81.4 Å². The van der Waals surface area contributed by atoms with Gasteiger partial charge in [-0.05, 0) is 36.4 Å². The van der Waals surface area contributed by atoms with Gasteiger partial charge in [0, 0.05) is 11.3 Å². The molecule has 0 spiro atoms. The average molecular weight is 419 g/mol. The second-order valence-corrected chi connectivity index (χ2v) is 6.81. The van der Waals surface area contributed by atoms with Gasteiger partial charge in [0.05, 0.1) is 0 Å². The minimum Gasteiger partial charge on any atom is -0.484 e. The van der Waals surface area contributed by atoms with Crippen LogP contribution >= 0.6 is 11.3 Å². The smallest absolute Gasteiger partial charge is 0.453 e. The van der Waals surface area contributed by atoms with Gasteiger partial charge in [0.2, 0.25) is 4.96 Å². The molecular weight excluding hydrogens is 407 g/mol. The van der Waals surface area contributed by atoms with Crippen LogP contribution in [-0.4, -0.2) is 32.3 Å². The van der Waals surface area contributed by atoms with Gasteiger partial charge in [0.1, 0.15) is 10.8 Å². The fraction of sp³-hybridized carbons (Fsp3) is 0.111. The average Bonchev–Trinajstić information content (AvgIpc) is 3.28. The Hall–Kier alpha value is -3.47. The lowest BCUT2D eigenvalue weighted by Crippen LogP contribution is -2.20. The standard InChI is InChI=1S/C18H12F3N5O2S/c19-18(20,21)16-23-24-17-26(16)25-15(29-17)11-6-8-12(9-7-11)22-14(27)10-28-13-4-2-1-3-5-13/h1-9H,10H2,(H,22,27). The highest BCUT2D eigenvalue weighted by Gasteiger charge is 2.38. The Labute approximate surface area is 165 Å². The third kappa shape index (κ3) is 4.19. The van der Waals surface area contributed by atoms with E-state index in [0.717, 1.165) is 11.3 Å². The highest BCUT2D eigenvalue weighted by molar-refractivity contribution is 7.19. The Morgan fingerprint density at radius 2 is 1.79 bits per heavy atom. The molecule has 2 aromatic heterocycles. The van der Waals surface area contributed by atoms with Gasteiger partial charge >= 0.3 is 6.18 Å². The van der Waals surface area contributed by atoms with Crippen molar-refractivity contribution >= 4 is 27.9 Å². The molecule has 1 N–H and O–H groups in total. The number of fused-ring (bicyclic) bond motifs is 1. The predicted octanol–water partition coefficient (Wildman–Crippen LogP) is 3.89. The van der Waals surface area contributed by atoms with Crippen molar-refractivity contribution in [2.75, 3.05) is 11.9 Å². The van der Waals surface area contributed by atoms with Gasteiger partial charge < -0.3 is 10.1 Å². The quantitative estimate of drug-likeness (QED) is 0.531. The number of para-hydroxylation sites is 1. The molecule has 0 aliphatic rings. The van der Waals surface area contributed by atoms with E-state index in [0.29, 0.717) is 26.5 Å². The van der Waals surface area contributed by atoms with E-state index in [2.05, 4.69) is 20.6 Å². The molecule has 0 fully saturated rings. The van der Waals surface area contributed by atoms with E-state index in [-0.39, 0.29) is 17.5 Å². The molecule has 2 aromatic carbocycles. The molecule has 29 heavy (non-hydrogen) atoms. The van der Waals surface area contributed by atoms with E-state index in [1.54, 1.807) is 48.5 Å². The largest absolute Gasteiger partial charge is 0.484 e. The lowest BCUT2D eigenvalue weighted by atomic mass is 10.2. The van der Waals surface area contributed by atoms with E-state index in [1.165, 1.54) is 0 Å². The van der Waals surface area contributed by atoms with Crippen molar-refractivity contribution < 1.29 is 22.7 Å². The molecule has 0 radical (unpaired) electrons. The molecule has 7 nitrogen and oxygen atoms in total. The number of amides is 1. The van der Waals surface area contributed by atoms with Crippen molar-refractivity contribution in [3.05, 3.63) is 60.4 Å². The number of carbonyl (C=O) groups is 1. The predicted molar refractivity (Wildman–Crippen MR) is 99.7 cm³/mol. The molecule has 0 saturated heterocycles. The number of rotatable bonds is 5. The number of hydrogen-bond acceptors (Lipinski definition) is 6. The monoisotopic (exact) mass is 419 g/mol. The van der Waals surface area contributed by atoms with Gasteiger partial charge in [-0.1, -0.05) is 29.5 Å². The van der Waals surface area contributed by atoms with Crippen LogP contribution in [0.4, 0.5) is 18.9 Å². The summed E-state index contributed by atoms with van der Waals surface area (Å²) in [5.41, 5.74) is 1.11. The summed E-state index contributed by atoms with van der Waals surface area (Å²) in [7, 11) is 0. The number of halogens is 3. The summed E-state index contributed by atoms with van der Waals surface area (Å²) in [5, 5.41) is 13.6. The third-order valence-electron chi connectivity index (χ3n) is 3.77. The van der Waals surface area contributed by atoms with E-state index in [9.17, 15) is 18.0 Å². The van der Waals surface area contributed by atoms with Crippen LogP contribution in [0, 0.1) is 0 Å². The molecule has 4 rings (SSSR count). The molecule has 0 aliphatic heterocycles. The molecule has 2 heterocycles. The number of ether oxygens (including phenoxy) is 1. The molecule has 4 aromatic rings.